The number of aromatic nitrogens is 6. The number of rotatable bonds is 12. The minimum atomic E-state index is -0.199. The highest BCUT2D eigenvalue weighted by Crippen LogP contribution is 2.28. The molecule has 7 aromatic rings. The van der Waals surface area contributed by atoms with Gasteiger partial charge in [-0.05, 0) is 67.1 Å². The fourth-order valence-corrected chi connectivity index (χ4v) is 5.10. The van der Waals surface area contributed by atoms with Crippen molar-refractivity contribution in [3.63, 3.8) is 0 Å². The van der Waals surface area contributed by atoms with Crippen molar-refractivity contribution >= 4 is 17.3 Å². The van der Waals surface area contributed by atoms with E-state index in [4.69, 9.17) is 19.9 Å². The average molecular weight is 709 g/mol. The van der Waals surface area contributed by atoms with E-state index in [1.54, 1.807) is 64.5 Å². The first kappa shape index (κ1) is 35.9. The summed E-state index contributed by atoms with van der Waals surface area (Å²) in [4.78, 5) is 21.4. The van der Waals surface area contributed by atoms with Gasteiger partial charge in [0.2, 0.25) is 0 Å². The molecule has 0 aliphatic rings. The van der Waals surface area contributed by atoms with Gasteiger partial charge in [-0.25, -0.2) is 0 Å². The molecule has 268 valence electrons. The molecule has 12 heteroatoms. The van der Waals surface area contributed by atoms with Crippen molar-refractivity contribution in [2.45, 2.75) is 19.8 Å². The molecule has 0 atom stereocenters. The van der Waals surface area contributed by atoms with Gasteiger partial charge in [-0.3, -0.25) is 24.1 Å². The minimum Gasteiger partial charge on any atom is -0.494 e. The summed E-state index contributed by atoms with van der Waals surface area (Å²) in [5, 5.41) is 11.2. The van der Waals surface area contributed by atoms with E-state index in [1.165, 1.54) is 0 Å². The third-order valence-corrected chi connectivity index (χ3v) is 7.77. The van der Waals surface area contributed by atoms with E-state index < -0.39 is 0 Å². The summed E-state index contributed by atoms with van der Waals surface area (Å²) in [6.45, 7) is 2.80. The molecule has 0 aliphatic heterocycles. The van der Waals surface area contributed by atoms with Crippen LogP contribution in [0.2, 0.25) is 0 Å². The second-order valence-corrected chi connectivity index (χ2v) is 12.0. The summed E-state index contributed by atoms with van der Waals surface area (Å²) < 4.78 is 20.9. The lowest BCUT2D eigenvalue weighted by Gasteiger charge is -2.10. The Labute approximate surface area is 307 Å². The molecule has 0 aliphatic carbocycles. The quantitative estimate of drug-likeness (QED) is 0.0942. The van der Waals surface area contributed by atoms with Gasteiger partial charge in [0.05, 0.1) is 30.4 Å². The summed E-state index contributed by atoms with van der Waals surface area (Å²) in [5.41, 5.74) is 11.0. The van der Waals surface area contributed by atoms with Gasteiger partial charge in [0.25, 0.3) is 5.91 Å². The Balaban J connectivity index is 0.000000204. The predicted octanol–water partition coefficient (Wildman–Crippen LogP) is 8.56. The largest absolute Gasteiger partial charge is 0.494 e. The van der Waals surface area contributed by atoms with E-state index in [2.05, 4.69) is 32.4 Å². The van der Waals surface area contributed by atoms with Crippen molar-refractivity contribution in [1.82, 2.24) is 29.5 Å². The number of benzene rings is 3. The third kappa shape index (κ3) is 10.3. The van der Waals surface area contributed by atoms with Crippen LogP contribution in [0.25, 0.3) is 22.5 Å². The summed E-state index contributed by atoms with van der Waals surface area (Å²) >= 11 is 0. The molecule has 0 bridgehead atoms. The number of nitrogen functional groups attached to an aromatic ring is 1. The van der Waals surface area contributed by atoms with Crippen molar-refractivity contribution in [1.29, 1.82) is 0 Å². The molecule has 12 nitrogen and oxygen atoms in total. The first-order valence-electron chi connectivity index (χ1n) is 17.1. The number of carbonyl (C=O) groups excluding carboxylic acids is 1. The zero-order chi connectivity index (χ0) is 37.0. The van der Waals surface area contributed by atoms with Crippen molar-refractivity contribution in [2.75, 3.05) is 17.7 Å². The number of anilines is 2. The number of nitrogens with zero attached hydrogens (tertiary/aromatic N) is 6. The van der Waals surface area contributed by atoms with E-state index in [0.717, 1.165) is 41.1 Å². The number of ether oxygens (including phenoxy) is 3. The molecule has 53 heavy (non-hydrogen) atoms. The molecule has 0 saturated heterocycles. The Morgan fingerprint density at radius 2 is 1.26 bits per heavy atom. The molecule has 4 aromatic heterocycles. The lowest BCUT2D eigenvalue weighted by molar-refractivity contribution is 0.102. The van der Waals surface area contributed by atoms with E-state index >= 15 is 0 Å². The van der Waals surface area contributed by atoms with Gasteiger partial charge in [-0.2, -0.15) is 10.2 Å². The smallest absolute Gasteiger partial charge is 0.255 e. The number of unbranched alkanes of at least 4 members (excludes halogenated alkanes) is 1. The number of carbonyl (C=O) groups is 1. The van der Waals surface area contributed by atoms with Crippen LogP contribution in [0, 0.1) is 0 Å². The third-order valence-electron chi connectivity index (χ3n) is 7.77. The zero-order valence-corrected chi connectivity index (χ0v) is 29.7. The zero-order valence-electron chi connectivity index (χ0n) is 29.7. The Kier molecular flexibility index (Phi) is 11.7. The van der Waals surface area contributed by atoms with Crippen LogP contribution in [0.4, 0.5) is 11.4 Å². The maximum absolute atomic E-state index is 12.6. The Morgan fingerprint density at radius 1 is 0.698 bits per heavy atom. The first-order valence-corrected chi connectivity index (χ1v) is 17.1. The lowest BCUT2D eigenvalue weighted by atomic mass is 10.2. The standard InChI is InChI=1S/C26H26N4O3.C15H14N4O/c1-3-4-14-32-22-10-8-19(9-11-22)26(31)29-21-6-5-7-23(15-21)33-24-12-13-27-25(16-24)20-17-28-30(2)18-20;1-19-10-11(9-18-19)15-8-14(5-6-17-15)20-13-4-2-3-12(16)7-13/h5-13,15-18H,3-4,14H2,1-2H3,(H,29,31);2-10H,16H2,1H3. The summed E-state index contributed by atoms with van der Waals surface area (Å²) in [6.07, 6.45) is 12.8. The van der Waals surface area contributed by atoms with Crippen molar-refractivity contribution in [3.05, 3.63) is 140 Å². The molecule has 3 N–H and O–H groups in total. The van der Waals surface area contributed by atoms with E-state index in [-0.39, 0.29) is 5.91 Å². The molecule has 4 heterocycles. The maximum Gasteiger partial charge on any atom is 0.255 e. The number of hydrogen-bond acceptors (Lipinski definition) is 9. The average Bonchev–Trinajstić information content (AvgIpc) is 3.81. The predicted molar refractivity (Wildman–Crippen MR) is 205 cm³/mol. The topological polar surface area (TPSA) is 144 Å². The molecule has 0 saturated carbocycles. The highest BCUT2D eigenvalue weighted by Gasteiger charge is 2.10. The van der Waals surface area contributed by atoms with Gasteiger partial charge < -0.3 is 25.3 Å². The Morgan fingerprint density at radius 3 is 1.81 bits per heavy atom. The fourth-order valence-electron chi connectivity index (χ4n) is 5.10. The second-order valence-electron chi connectivity index (χ2n) is 12.0. The molecule has 0 unspecified atom stereocenters. The van der Waals surface area contributed by atoms with E-state index in [9.17, 15) is 4.79 Å². The number of nitrogens with two attached hydrogens (primary N) is 1. The molecular weight excluding hydrogens is 669 g/mol. The van der Waals surface area contributed by atoms with Crippen molar-refractivity contribution in [2.24, 2.45) is 14.1 Å². The van der Waals surface area contributed by atoms with E-state index in [1.807, 2.05) is 93.2 Å². The molecule has 0 spiro atoms. The molecular formula is C41H40N8O4. The van der Waals surface area contributed by atoms with E-state index in [0.29, 0.717) is 46.5 Å². The van der Waals surface area contributed by atoms with Crippen LogP contribution >= 0.6 is 0 Å². The number of hydrogen-bond donors (Lipinski definition) is 2. The maximum atomic E-state index is 12.6. The second kappa shape index (κ2) is 17.3. The van der Waals surface area contributed by atoms with Gasteiger partial charge >= 0.3 is 0 Å². The number of pyridine rings is 2. The molecule has 0 radical (unpaired) electrons. The Hall–Kier alpha value is -6.95. The summed E-state index contributed by atoms with van der Waals surface area (Å²) in [6, 6.07) is 29.1. The molecule has 7 rings (SSSR count). The molecule has 1 amide bonds. The van der Waals surface area contributed by atoms with Gasteiger partial charge in [-0.15, -0.1) is 0 Å². The van der Waals surface area contributed by atoms with Gasteiger partial charge in [0.1, 0.15) is 28.7 Å². The SMILES string of the molecule is CCCCOc1ccc(C(=O)Nc2cccc(Oc3ccnc(-c4cnn(C)c4)c3)c2)cc1.Cn1cc(-c2cc(Oc3cccc(N)c3)ccn2)cn1. The van der Waals surface area contributed by atoms with Crippen molar-refractivity contribution < 1.29 is 19.0 Å². The minimum absolute atomic E-state index is 0.199. The summed E-state index contributed by atoms with van der Waals surface area (Å²) in [5.74, 6) is 3.23. The fraction of sp³-hybridized carbons (Fsp3) is 0.146. The number of aryl methyl sites for hydroxylation is 2. The van der Waals surface area contributed by atoms with Gasteiger partial charge in [0.15, 0.2) is 0 Å². The molecule has 0 fully saturated rings. The normalized spacial score (nSPS) is 10.5. The monoisotopic (exact) mass is 708 g/mol. The van der Waals surface area contributed by atoms with Crippen LogP contribution in [-0.2, 0) is 14.1 Å². The number of amides is 1. The molecule has 3 aromatic carbocycles. The highest BCUT2D eigenvalue weighted by atomic mass is 16.5. The highest BCUT2D eigenvalue weighted by molar-refractivity contribution is 6.04. The van der Waals surface area contributed by atoms with Crippen LogP contribution < -0.4 is 25.3 Å². The van der Waals surface area contributed by atoms with Crippen LogP contribution in [-0.4, -0.2) is 42.0 Å². The van der Waals surface area contributed by atoms with Crippen LogP contribution in [0.15, 0.2) is 134 Å². The lowest BCUT2D eigenvalue weighted by Crippen LogP contribution is -2.11. The number of nitrogens with one attached hydrogen (secondary N) is 1. The Bertz CT molecular complexity index is 2270. The van der Waals surface area contributed by atoms with Gasteiger partial charge in [-0.1, -0.05) is 25.5 Å². The van der Waals surface area contributed by atoms with Crippen LogP contribution in [0.3, 0.4) is 0 Å². The summed E-state index contributed by atoms with van der Waals surface area (Å²) in [7, 11) is 3.73. The van der Waals surface area contributed by atoms with Crippen LogP contribution in [0.5, 0.6) is 28.7 Å². The van der Waals surface area contributed by atoms with Crippen LogP contribution in [0.1, 0.15) is 30.1 Å². The van der Waals surface area contributed by atoms with Crippen molar-refractivity contribution in [3.8, 4) is 51.3 Å². The first-order chi connectivity index (χ1) is 25.8. The van der Waals surface area contributed by atoms with Gasteiger partial charge in [0, 0.05) is 91.2 Å².